The topological polar surface area (TPSA) is 28.2 Å². The van der Waals surface area contributed by atoms with Gasteiger partial charge in [-0.25, -0.2) is 0 Å². The maximum Gasteiger partial charge on any atom is 0.119 e. The van der Waals surface area contributed by atoms with Gasteiger partial charge in [0.05, 0.1) is 20.3 Å². The fraction of sp³-hybridized carbons (Fsp3) is 0.727. The average molecular weight is 374 g/mol. The zero-order valence-corrected chi connectivity index (χ0v) is 17.0. The molecule has 0 unspecified atom stereocenters. The maximum atomic E-state index is 5.95. The molecule has 0 spiro atoms. The van der Waals surface area contributed by atoms with E-state index >= 15 is 0 Å². The van der Waals surface area contributed by atoms with Gasteiger partial charge < -0.3 is 14.4 Å². The number of ether oxygens (including phenoxy) is 2. The molecule has 0 aliphatic carbocycles. The summed E-state index contributed by atoms with van der Waals surface area (Å²) >= 11 is 0. The fourth-order valence-corrected chi connectivity index (χ4v) is 5.15. The van der Waals surface area contributed by atoms with Crippen LogP contribution < -0.4 is 9.64 Å². The number of hydrogen-bond acceptors (Lipinski definition) is 5. The normalized spacial score (nSPS) is 28.1. The van der Waals surface area contributed by atoms with Crippen LogP contribution in [0.2, 0.25) is 0 Å². The Morgan fingerprint density at radius 1 is 1.00 bits per heavy atom. The van der Waals surface area contributed by atoms with E-state index in [1.165, 1.54) is 51.0 Å². The Balaban J connectivity index is 1.30. The van der Waals surface area contributed by atoms with Crippen LogP contribution in [-0.2, 0) is 4.74 Å². The summed E-state index contributed by atoms with van der Waals surface area (Å²) in [6, 6.07) is 10.5. The molecule has 1 aromatic rings. The van der Waals surface area contributed by atoms with Crippen molar-refractivity contribution >= 4 is 5.69 Å². The van der Waals surface area contributed by atoms with Crippen LogP contribution in [0.25, 0.3) is 0 Å². The molecule has 1 aromatic carbocycles. The number of piperazine rings is 1. The quantitative estimate of drug-likeness (QED) is 0.791. The highest BCUT2D eigenvalue weighted by atomic mass is 16.5. The summed E-state index contributed by atoms with van der Waals surface area (Å²) in [4.78, 5) is 8.02. The van der Waals surface area contributed by atoms with Crippen molar-refractivity contribution in [3.05, 3.63) is 24.3 Å². The number of fused-ring (bicyclic) bond motifs is 1. The molecule has 3 heterocycles. The van der Waals surface area contributed by atoms with E-state index in [9.17, 15) is 0 Å². The maximum absolute atomic E-state index is 5.95. The van der Waals surface area contributed by atoms with Crippen molar-refractivity contribution in [1.29, 1.82) is 0 Å². The molecule has 0 aromatic heterocycles. The first-order chi connectivity index (χ1) is 13.3. The second kappa shape index (κ2) is 8.80. The smallest absolute Gasteiger partial charge is 0.119 e. The monoisotopic (exact) mass is 373 g/mol. The highest BCUT2D eigenvalue weighted by molar-refractivity contribution is 5.49. The van der Waals surface area contributed by atoms with Crippen molar-refractivity contribution in [2.75, 3.05) is 57.9 Å². The molecule has 27 heavy (non-hydrogen) atoms. The van der Waals surface area contributed by atoms with Crippen molar-refractivity contribution in [3.8, 4) is 5.75 Å². The minimum Gasteiger partial charge on any atom is -0.497 e. The van der Waals surface area contributed by atoms with E-state index in [1.54, 1.807) is 7.11 Å². The number of methoxy groups -OCH3 is 1. The molecule has 3 aliphatic rings. The van der Waals surface area contributed by atoms with Crippen LogP contribution in [0.3, 0.4) is 0 Å². The van der Waals surface area contributed by atoms with Gasteiger partial charge in [-0.1, -0.05) is 13.3 Å². The van der Waals surface area contributed by atoms with Crippen molar-refractivity contribution in [1.82, 2.24) is 9.80 Å². The van der Waals surface area contributed by atoms with Gasteiger partial charge in [0.25, 0.3) is 0 Å². The zero-order chi connectivity index (χ0) is 18.6. The molecule has 2 atom stereocenters. The lowest BCUT2D eigenvalue weighted by molar-refractivity contribution is -0.0902. The van der Waals surface area contributed by atoms with Gasteiger partial charge in [0.15, 0.2) is 0 Å². The van der Waals surface area contributed by atoms with Crippen molar-refractivity contribution in [2.24, 2.45) is 0 Å². The predicted octanol–water partition coefficient (Wildman–Crippen LogP) is 2.85. The van der Waals surface area contributed by atoms with Crippen molar-refractivity contribution in [3.63, 3.8) is 0 Å². The highest BCUT2D eigenvalue weighted by Crippen LogP contribution is 2.28. The van der Waals surface area contributed by atoms with Crippen LogP contribution >= 0.6 is 0 Å². The molecule has 150 valence electrons. The zero-order valence-electron chi connectivity index (χ0n) is 17.0. The van der Waals surface area contributed by atoms with Gasteiger partial charge in [0.1, 0.15) is 5.75 Å². The summed E-state index contributed by atoms with van der Waals surface area (Å²) in [6.45, 7) is 10.1. The molecule has 3 fully saturated rings. The second-order valence-electron chi connectivity index (χ2n) is 8.28. The van der Waals surface area contributed by atoms with E-state index in [2.05, 4.69) is 45.9 Å². The van der Waals surface area contributed by atoms with Gasteiger partial charge in [0.2, 0.25) is 0 Å². The SMILES string of the molecule is CCC[C@H]1COC[C@H]2CN(C3CCN(c4ccc(OC)cc4)CC3)CCN12. The van der Waals surface area contributed by atoms with E-state index in [1.807, 2.05) is 0 Å². The summed E-state index contributed by atoms with van der Waals surface area (Å²) in [5.74, 6) is 0.933. The summed E-state index contributed by atoms with van der Waals surface area (Å²) in [6.07, 6.45) is 5.05. The van der Waals surface area contributed by atoms with Gasteiger partial charge in [-0.15, -0.1) is 0 Å². The number of nitrogens with zero attached hydrogens (tertiary/aromatic N) is 3. The van der Waals surface area contributed by atoms with Crippen LogP contribution in [-0.4, -0.2) is 81.0 Å². The fourth-order valence-electron chi connectivity index (χ4n) is 5.15. The Morgan fingerprint density at radius 3 is 2.48 bits per heavy atom. The predicted molar refractivity (Wildman–Crippen MR) is 110 cm³/mol. The molecule has 0 bridgehead atoms. The highest BCUT2D eigenvalue weighted by Gasteiger charge is 2.37. The van der Waals surface area contributed by atoms with Crippen molar-refractivity contribution < 1.29 is 9.47 Å². The Morgan fingerprint density at radius 2 is 1.78 bits per heavy atom. The summed E-state index contributed by atoms with van der Waals surface area (Å²) in [5.41, 5.74) is 1.32. The second-order valence-corrected chi connectivity index (χ2v) is 8.28. The number of anilines is 1. The van der Waals surface area contributed by atoms with E-state index in [0.717, 1.165) is 38.1 Å². The summed E-state index contributed by atoms with van der Waals surface area (Å²) in [7, 11) is 1.72. The third-order valence-corrected chi connectivity index (χ3v) is 6.69. The number of rotatable bonds is 5. The Hall–Kier alpha value is -1.30. The van der Waals surface area contributed by atoms with Crippen molar-refractivity contribution in [2.45, 2.75) is 50.7 Å². The first-order valence-electron chi connectivity index (χ1n) is 10.7. The lowest BCUT2D eigenvalue weighted by atomic mass is 9.98. The molecule has 5 nitrogen and oxygen atoms in total. The van der Waals surface area contributed by atoms with Crippen LogP contribution in [0.1, 0.15) is 32.6 Å². The number of morpholine rings is 1. The molecule has 0 radical (unpaired) electrons. The first kappa shape index (κ1) is 19.0. The number of piperidine rings is 1. The summed E-state index contributed by atoms with van der Waals surface area (Å²) < 4.78 is 11.2. The van der Waals surface area contributed by atoms with Crippen LogP contribution in [0.4, 0.5) is 5.69 Å². The minimum atomic E-state index is 0.601. The summed E-state index contributed by atoms with van der Waals surface area (Å²) in [5, 5.41) is 0. The van der Waals surface area contributed by atoms with Crippen LogP contribution in [0.5, 0.6) is 5.75 Å². The Kier molecular flexibility index (Phi) is 6.21. The van der Waals surface area contributed by atoms with Gasteiger partial charge in [0, 0.05) is 56.5 Å². The lowest BCUT2D eigenvalue weighted by Gasteiger charge is -2.51. The lowest BCUT2D eigenvalue weighted by Crippen LogP contribution is -2.63. The number of benzene rings is 1. The van der Waals surface area contributed by atoms with Crippen LogP contribution in [0.15, 0.2) is 24.3 Å². The minimum absolute atomic E-state index is 0.601. The van der Waals surface area contributed by atoms with Gasteiger partial charge in [-0.3, -0.25) is 9.80 Å². The molecular formula is C22H35N3O2. The molecule has 4 rings (SSSR count). The van der Waals surface area contributed by atoms with E-state index in [0.29, 0.717) is 12.1 Å². The van der Waals surface area contributed by atoms with E-state index in [4.69, 9.17) is 9.47 Å². The van der Waals surface area contributed by atoms with Gasteiger partial charge in [-0.05, 0) is 43.5 Å². The first-order valence-corrected chi connectivity index (χ1v) is 10.7. The third-order valence-electron chi connectivity index (χ3n) is 6.69. The van der Waals surface area contributed by atoms with E-state index < -0.39 is 0 Å². The third kappa shape index (κ3) is 4.25. The molecule has 0 amide bonds. The average Bonchev–Trinajstić information content (AvgIpc) is 2.74. The molecule has 5 heteroatoms. The van der Waals surface area contributed by atoms with Crippen LogP contribution in [0, 0.1) is 0 Å². The van der Waals surface area contributed by atoms with Gasteiger partial charge >= 0.3 is 0 Å². The molecule has 3 aliphatic heterocycles. The standard InChI is InChI=1S/C22H35N3O2/c1-3-4-20-16-27-17-21-15-24(13-14-25(20)21)19-9-11-23(12-10-19)18-5-7-22(26-2)8-6-18/h5-8,19-21H,3-4,9-17H2,1-2H3/t20-,21+/m0/s1. The Bertz CT molecular complexity index is 584. The largest absolute Gasteiger partial charge is 0.497 e. The van der Waals surface area contributed by atoms with E-state index in [-0.39, 0.29) is 0 Å². The molecule has 0 saturated carbocycles. The molecule has 3 saturated heterocycles. The molecule has 0 N–H and O–H groups in total. The van der Waals surface area contributed by atoms with Gasteiger partial charge in [-0.2, -0.15) is 0 Å². The number of hydrogen-bond donors (Lipinski definition) is 0. The Labute approximate surface area is 164 Å². The molecular weight excluding hydrogens is 338 g/mol.